The molecule has 0 aliphatic carbocycles. The van der Waals surface area contributed by atoms with Crippen molar-refractivity contribution in [2.45, 2.75) is 0 Å². The van der Waals surface area contributed by atoms with Crippen molar-refractivity contribution in [2.24, 2.45) is 0 Å². The SMILES string of the molecule is O=C(Nc1cc2c(cc1Cl)OCCO2)c1cn(-c2ccccc2)nc1-c1cccnc1. The normalized spacial score (nSPS) is 12.4. The summed E-state index contributed by atoms with van der Waals surface area (Å²) in [5.74, 6) is 0.750. The van der Waals surface area contributed by atoms with Crippen LogP contribution in [0.1, 0.15) is 10.4 Å². The van der Waals surface area contributed by atoms with Gasteiger partial charge >= 0.3 is 0 Å². The van der Waals surface area contributed by atoms with Crippen molar-refractivity contribution in [3.63, 3.8) is 0 Å². The standard InChI is InChI=1S/C23H17ClN4O3/c24-18-11-20-21(31-10-9-30-20)12-19(18)26-23(29)17-14-28(16-6-2-1-3-7-16)27-22(17)15-5-4-8-25-13-15/h1-8,11-14H,9-10H2,(H,26,29). The fourth-order valence-electron chi connectivity index (χ4n) is 3.32. The molecule has 3 heterocycles. The molecule has 1 N–H and O–H groups in total. The summed E-state index contributed by atoms with van der Waals surface area (Å²) in [6, 6.07) is 16.5. The Morgan fingerprint density at radius 2 is 1.81 bits per heavy atom. The summed E-state index contributed by atoms with van der Waals surface area (Å²) in [6.07, 6.45) is 5.04. The maximum absolute atomic E-state index is 13.3. The van der Waals surface area contributed by atoms with Crippen LogP contribution in [0.4, 0.5) is 5.69 Å². The molecule has 31 heavy (non-hydrogen) atoms. The Balaban J connectivity index is 1.53. The van der Waals surface area contributed by atoms with Gasteiger partial charge in [0.15, 0.2) is 11.5 Å². The summed E-state index contributed by atoms with van der Waals surface area (Å²) in [5.41, 5.74) is 2.91. The molecule has 0 spiro atoms. The van der Waals surface area contributed by atoms with Crippen LogP contribution in [-0.2, 0) is 0 Å². The average Bonchev–Trinajstić information content (AvgIpc) is 3.26. The lowest BCUT2D eigenvalue weighted by atomic mass is 10.1. The third-order valence-corrected chi connectivity index (χ3v) is 5.11. The fourth-order valence-corrected chi connectivity index (χ4v) is 3.52. The average molecular weight is 433 g/mol. The lowest BCUT2D eigenvalue weighted by Gasteiger charge is -2.20. The van der Waals surface area contributed by atoms with E-state index in [1.54, 1.807) is 41.5 Å². The molecular weight excluding hydrogens is 416 g/mol. The van der Waals surface area contributed by atoms with Gasteiger partial charge in [-0.1, -0.05) is 29.8 Å². The minimum absolute atomic E-state index is 0.348. The molecule has 154 valence electrons. The molecule has 0 saturated heterocycles. The monoisotopic (exact) mass is 432 g/mol. The zero-order valence-corrected chi connectivity index (χ0v) is 17.0. The molecule has 2 aromatic carbocycles. The minimum Gasteiger partial charge on any atom is -0.486 e. The number of para-hydroxylation sites is 1. The van der Waals surface area contributed by atoms with Crippen LogP contribution in [0.25, 0.3) is 16.9 Å². The van der Waals surface area contributed by atoms with Gasteiger partial charge in [-0.25, -0.2) is 4.68 Å². The molecule has 7 nitrogen and oxygen atoms in total. The Bertz CT molecular complexity index is 1240. The molecule has 1 aliphatic heterocycles. The van der Waals surface area contributed by atoms with Crippen molar-refractivity contribution in [3.05, 3.63) is 83.8 Å². The van der Waals surface area contributed by atoms with E-state index in [0.717, 1.165) is 11.3 Å². The highest BCUT2D eigenvalue weighted by atomic mass is 35.5. The van der Waals surface area contributed by atoms with E-state index in [1.807, 2.05) is 36.4 Å². The largest absolute Gasteiger partial charge is 0.486 e. The maximum atomic E-state index is 13.3. The summed E-state index contributed by atoms with van der Waals surface area (Å²) >= 11 is 6.37. The quantitative estimate of drug-likeness (QED) is 0.509. The van der Waals surface area contributed by atoms with E-state index in [1.165, 1.54) is 0 Å². The van der Waals surface area contributed by atoms with Crippen molar-refractivity contribution < 1.29 is 14.3 Å². The number of fused-ring (bicyclic) bond motifs is 1. The summed E-state index contributed by atoms with van der Waals surface area (Å²) in [6.45, 7) is 0.902. The van der Waals surface area contributed by atoms with Gasteiger partial charge in [-0.05, 0) is 24.3 Å². The third kappa shape index (κ3) is 3.83. The number of halogens is 1. The summed E-state index contributed by atoms with van der Waals surface area (Å²) < 4.78 is 12.8. The van der Waals surface area contributed by atoms with Crippen LogP contribution in [0.3, 0.4) is 0 Å². The van der Waals surface area contributed by atoms with Crippen molar-refractivity contribution in [2.75, 3.05) is 18.5 Å². The number of hydrogen-bond acceptors (Lipinski definition) is 5. The first-order valence-corrected chi connectivity index (χ1v) is 10.0. The summed E-state index contributed by atoms with van der Waals surface area (Å²) in [4.78, 5) is 17.4. The molecule has 1 amide bonds. The maximum Gasteiger partial charge on any atom is 0.259 e. The van der Waals surface area contributed by atoms with Crippen molar-refractivity contribution in [3.8, 4) is 28.4 Å². The molecule has 8 heteroatoms. The Labute approximate surface area is 183 Å². The topological polar surface area (TPSA) is 78.3 Å². The molecule has 2 aromatic heterocycles. The second-order valence-electron chi connectivity index (χ2n) is 6.84. The predicted octanol–water partition coefficient (Wildman–Crippen LogP) is 4.61. The molecule has 4 aromatic rings. The number of benzene rings is 2. The van der Waals surface area contributed by atoms with E-state index in [2.05, 4.69) is 15.4 Å². The molecule has 0 atom stereocenters. The number of aromatic nitrogens is 3. The molecule has 0 bridgehead atoms. The van der Waals surface area contributed by atoms with Crippen LogP contribution >= 0.6 is 11.6 Å². The number of carbonyl (C=O) groups is 1. The first kappa shape index (κ1) is 19.1. The van der Waals surface area contributed by atoms with Gasteiger partial charge in [-0.3, -0.25) is 9.78 Å². The molecule has 1 aliphatic rings. The lowest BCUT2D eigenvalue weighted by Crippen LogP contribution is -2.17. The number of pyridine rings is 1. The van der Waals surface area contributed by atoms with Gasteiger partial charge in [0.05, 0.1) is 22.0 Å². The highest BCUT2D eigenvalue weighted by Gasteiger charge is 2.21. The number of nitrogens with zero attached hydrogens (tertiary/aromatic N) is 3. The highest BCUT2D eigenvalue weighted by molar-refractivity contribution is 6.34. The van der Waals surface area contributed by atoms with Crippen molar-refractivity contribution in [1.82, 2.24) is 14.8 Å². The highest BCUT2D eigenvalue weighted by Crippen LogP contribution is 2.38. The zero-order chi connectivity index (χ0) is 21.2. The smallest absolute Gasteiger partial charge is 0.259 e. The number of carbonyl (C=O) groups excluding carboxylic acids is 1. The number of rotatable bonds is 4. The van der Waals surface area contributed by atoms with Gasteiger partial charge in [0.1, 0.15) is 18.9 Å². The van der Waals surface area contributed by atoms with E-state index in [9.17, 15) is 4.79 Å². The number of ether oxygens (including phenoxy) is 2. The van der Waals surface area contributed by atoms with Crippen LogP contribution in [0.5, 0.6) is 11.5 Å². The lowest BCUT2D eigenvalue weighted by molar-refractivity contribution is 0.102. The predicted molar refractivity (Wildman–Crippen MR) is 117 cm³/mol. The van der Waals surface area contributed by atoms with Gasteiger partial charge in [0, 0.05) is 36.3 Å². The second kappa shape index (κ2) is 8.12. The Morgan fingerprint density at radius 3 is 2.55 bits per heavy atom. The summed E-state index contributed by atoms with van der Waals surface area (Å²) in [7, 11) is 0. The zero-order valence-electron chi connectivity index (χ0n) is 16.3. The molecular formula is C23H17ClN4O3. The van der Waals surface area contributed by atoms with Gasteiger partial charge in [-0.2, -0.15) is 5.10 Å². The van der Waals surface area contributed by atoms with Crippen molar-refractivity contribution >= 4 is 23.2 Å². The minimum atomic E-state index is -0.348. The van der Waals surface area contributed by atoms with E-state index in [0.29, 0.717) is 46.7 Å². The molecule has 0 radical (unpaired) electrons. The van der Waals surface area contributed by atoms with Crippen LogP contribution < -0.4 is 14.8 Å². The van der Waals surface area contributed by atoms with E-state index < -0.39 is 0 Å². The first-order valence-electron chi connectivity index (χ1n) is 9.65. The Morgan fingerprint density at radius 1 is 1.03 bits per heavy atom. The van der Waals surface area contributed by atoms with E-state index in [-0.39, 0.29) is 5.91 Å². The molecule has 0 unspecified atom stereocenters. The molecule has 0 fully saturated rings. The van der Waals surface area contributed by atoms with Crippen LogP contribution in [-0.4, -0.2) is 33.9 Å². The van der Waals surface area contributed by atoms with Crippen LogP contribution in [0.2, 0.25) is 5.02 Å². The Hall–Kier alpha value is -3.84. The molecule has 5 rings (SSSR count). The first-order chi connectivity index (χ1) is 15.2. The van der Waals surface area contributed by atoms with E-state index in [4.69, 9.17) is 21.1 Å². The van der Waals surface area contributed by atoms with Gasteiger partial charge in [0.25, 0.3) is 5.91 Å². The van der Waals surface area contributed by atoms with Crippen molar-refractivity contribution in [1.29, 1.82) is 0 Å². The fraction of sp³-hybridized carbons (Fsp3) is 0.0870. The summed E-state index contributed by atoms with van der Waals surface area (Å²) in [5, 5.41) is 7.87. The second-order valence-corrected chi connectivity index (χ2v) is 7.25. The van der Waals surface area contributed by atoms with Gasteiger partial charge in [0.2, 0.25) is 0 Å². The molecule has 0 saturated carbocycles. The number of amides is 1. The number of nitrogens with one attached hydrogen (secondary N) is 1. The number of anilines is 1. The van der Waals surface area contributed by atoms with Gasteiger partial charge in [-0.15, -0.1) is 0 Å². The Kier molecular flexibility index (Phi) is 5.01. The van der Waals surface area contributed by atoms with E-state index >= 15 is 0 Å². The number of hydrogen-bond donors (Lipinski definition) is 1. The van der Waals surface area contributed by atoms with Gasteiger partial charge < -0.3 is 14.8 Å². The third-order valence-electron chi connectivity index (χ3n) is 4.79. The van der Waals surface area contributed by atoms with Crippen LogP contribution in [0, 0.1) is 0 Å². The van der Waals surface area contributed by atoms with Crippen LogP contribution in [0.15, 0.2) is 73.2 Å².